The fourth-order valence-electron chi connectivity index (χ4n) is 2.67. The number of aldehydes is 1. The topological polar surface area (TPSA) is 62.0 Å². The molecule has 0 saturated carbocycles. The van der Waals surface area contributed by atoms with Crippen LogP contribution in [-0.4, -0.2) is 23.2 Å². The summed E-state index contributed by atoms with van der Waals surface area (Å²) in [7, 11) is 0. The van der Waals surface area contributed by atoms with Crippen LogP contribution in [0.25, 0.3) is 10.9 Å². The largest absolute Gasteiger partial charge is 0.351 e. The van der Waals surface area contributed by atoms with Crippen LogP contribution in [0.2, 0.25) is 0 Å². The summed E-state index contributed by atoms with van der Waals surface area (Å²) < 4.78 is 0. The van der Waals surface area contributed by atoms with Crippen molar-refractivity contribution < 1.29 is 9.59 Å². The molecule has 4 nitrogen and oxygen atoms in total. The molecule has 0 saturated heterocycles. The highest BCUT2D eigenvalue weighted by atomic mass is 16.2. The van der Waals surface area contributed by atoms with Gasteiger partial charge >= 0.3 is 0 Å². The molecule has 1 aromatic heterocycles. The number of amides is 1. The first-order valence-electron chi connectivity index (χ1n) is 7.62. The molecule has 0 aliphatic heterocycles. The Morgan fingerprint density at radius 2 is 1.83 bits per heavy atom. The van der Waals surface area contributed by atoms with E-state index in [9.17, 15) is 9.59 Å². The molecule has 3 rings (SSSR count). The molecule has 3 aromatic rings. The molecule has 116 valence electrons. The van der Waals surface area contributed by atoms with Crippen LogP contribution in [0.1, 0.15) is 22.5 Å². The van der Waals surface area contributed by atoms with Gasteiger partial charge in [0, 0.05) is 23.4 Å². The normalized spacial score (nSPS) is 12.0. The predicted molar refractivity (Wildman–Crippen MR) is 90.4 cm³/mol. The lowest BCUT2D eigenvalue weighted by atomic mass is 10.0. The van der Waals surface area contributed by atoms with Gasteiger partial charge in [-0.05, 0) is 24.1 Å². The molecule has 4 heteroatoms. The van der Waals surface area contributed by atoms with Gasteiger partial charge in [0.05, 0.1) is 0 Å². The van der Waals surface area contributed by atoms with Crippen LogP contribution in [-0.2, 0) is 11.2 Å². The SMILES string of the molecule is O=CCC(Cc1ccccc1)NC(=O)c1cc2ccccc2[nH]1. The number of aromatic amines is 1. The summed E-state index contributed by atoms with van der Waals surface area (Å²) in [5.74, 6) is -0.191. The fourth-order valence-corrected chi connectivity index (χ4v) is 2.67. The number of para-hydroxylation sites is 1. The fraction of sp³-hybridized carbons (Fsp3) is 0.158. The van der Waals surface area contributed by atoms with E-state index in [0.717, 1.165) is 22.8 Å². The zero-order valence-electron chi connectivity index (χ0n) is 12.7. The van der Waals surface area contributed by atoms with Crippen LogP contribution >= 0.6 is 0 Å². The number of nitrogens with one attached hydrogen (secondary N) is 2. The van der Waals surface area contributed by atoms with Crippen LogP contribution in [0.4, 0.5) is 0 Å². The maximum Gasteiger partial charge on any atom is 0.267 e. The molecular weight excluding hydrogens is 288 g/mol. The second-order valence-electron chi connectivity index (χ2n) is 5.53. The van der Waals surface area contributed by atoms with Crippen LogP contribution in [0.5, 0.6) is 0 Å². The Morgan fingerprint density at radius 1 is 1.09 bits per heavy atom. The number of carbonyl (C=O) groups excluding carboxylic acids is 2. The Kier molecular flexibility index (Phi) is 4.52. The van der Waals surface area contributed by atoms with Gasteiger partial charge < -0.3 is 15.1 Å². The standard InChI is InChI=1S/C19H18N2O2/c22-11-10-16(12-14-6-2-1-3-7-14)20-19(23)18-13-15-8-4-5-9-17(15)21-18/h1-9,11,13,16,21H,10,12H2,(H,20,23). The summed E-state index contributed by atoms with van der Waals surface area (Å²) in [5, 5.41) is 3.94. The maximum atomic E-state index is 12.4. The summed E-state index contributed by atoms with van der Waals surface area (Å²) in [4.78, 5) is 26.4. The van der Waals surface area contributed by atoms with Crippen molar-refractivity contribution >= 4 is 23.1 Å². The van der Waals surface area contributed by atoms with Crippen LogP contribution in [0, 0.1) is 0 Å². The van der Waals surface area contributed by atoms with Gasteiger partial charge in [0.2, 0.25) is 0 Å². The minimum Gasteiger partial charge on any atom is -0.351 e. The molecule has 0 aliphatic rings. The third-order valence-corrected chi connectivity index (χ3v) is 3.82. The Balaban J connectivity index is 1.73. The summed E-state index contributed by atoms with van der Waals surface area (Å²) >= 11 is 0. The highest BCUT2D eigenvalue weighted by Crippen LogP contribution is 2.15. The van der Waals surface area contributed by atoms with Crippen molar-refractivity contribution in [2.24, 2.45) is 0 Å². The van der Waals surface area contributed by atoms with Gasteiger partial charge in [-0.2, -0.15) is 0 Å². The first kappa shape index (κ1) is 15.0. The summed E-state index contributed by atoms with van der Waals surface area (Å²) in [6.07, 6.45) is 1.77. The van der Waals surface area contributed by atoms with E-state index in [2.05, 4.69) is 10.3 Å². The Bertz CT molecular complexity index is 775. The average Bonchev–Trinajstić information content (AvgIpc) is 3.00. The van der Waals surface area contributed by atoms with E-state index in [1.807, 2.05) is 60.7 Å². The van der Waals surface area contributed by atoms with Crippen molar-refractivity contribution in [3.8, 4) is 0 Å². The number of hydrogen-bond acceptors (Lipinski definition) is 2. The average molecular weight is 306 g/mol. The van der Waals surface area contributed by atoms with Crippen molar-refractivity contribution in [1.82, 2.24) is 10.3 Å². The lowest BCUT2D eigenvalue weighted by molar-refractivity contribution is -0.108. The molecule has 23 heavy (non-hydrogen) atoms. The van der Waals surface area contributed by atoms with Gasteiger partial charge in [-0.1, -0.05) is 48.5 Å². The second-order valence-corrected chi connectivity index (χ2v) is 5.53. The first-order valence-corrected chi connectivity index (χ1v) is 7.62. The summed E-state index contributed by atoms with van der Waals surface area (Å²) in [6, 6.07) is 19.2. The zero-order chi connectivity index (χ0) is 16.1. The number of rotatable bonds is 6. The van der Waals surface area contributed by atoms with Gasteiger partial charge in [-0.3, -0.25) is 4.79 Å². The molecule has 0 radical (unpaired) electrons. The highest BCUT2D eigenvalue weighted by molar-refractivity contribution is 5.98. The van der Waals surface area contributed by atoms with E-state index in [1.54, 1.807) is 0 Å². The van der Waals surface area contributed by atoms with Gasteiger partial charge in [0.15, 0.2) is 0 Å². The van der Waals surface area contributed by atoms with E-state index >= 15 is 0 Å². The number of benzene rings is 2. The molecular formula is C19H18N2O2. The Labute approximate surface area is 134 Å². The molecule has 1 heterocycles. The zero-order valence-corrected chi connectivity index (χ0v) is 12.7. The van der Waals surface area contributed by atoms with Gasteiger partial charge in [-0.15, -0.1) is 0 Å². The van der Waals surface area contributed by atoms with Crippen molar-refractivity contribution in [2.75, 3.05) is 0 Å². The van der Waals surface area contributed by atoms with Crippen molar-refractivity contribution in [3.05, 3.63) is 71.9 Å². The monoisotopic (exact) mass is 306 g/mol. The number of fused-ring (bicyclic) bond motifs is 1. The van der Waals surface area contributed by atoms with Gasteiger partial charge in [-0.25, -0.2) is 0 Å². The molecule has 0 fully saturated rings. The highest BCUT2D eigenvalue weighted by Gasteiger charge is 2.15. The molecule has 1 unspecified atom stereocenters. The summed E-state index contributed by atoms with van der Waals surface area (Å²) in [5.41, 5.74) is 2.53. The third kappa shape index (κ3) is 3.66. The van der Waals surface area contributed by atoms with E-state index in [4.69, 9.17) is 0 Å². The number of carbonyl (C=O) groups is 2. The Morgan fingerprint density at radius 3 is 2.57 bits per heavy atom. The molecule has 2 aromatic carbocycles. The van der Waals surface area contributed by atoms with E-state index in [-0.39, 0.29) is 11.9 Å². The van der Waals surface area contributed by atoms with Crippen molar-refractivity contribution in [1.29, 1.82) is 0 Å². The maximum absolute atomic E-state index is 12.4. The van der Waals surface area contributed by atoms with E-state index < -0.39 is 0 Å². The molecule has 0 spiro atoms. The van der Waals surface area contributed by atoms with Gasteiger partial charge in [0.25, 0.3) is 5.91 Å². The smallest absolute Gasteiger partial charge is 0.267 e. The molecule has 0 aliphatic carbocycles. The second kappa shape index (κ2) is 6.92. The van der Waals surface area contributed by atoms with Crippen LogP contribution in [0.15, 0.2) is 60.7 Å². The van der Waals surface area contributed by atoms with E-state index in [0.29, 0.717) is 18.5 Å². The molecule has 1 atom stereocenters. The molecule has 0 bridgehead atoms. The number of H-pyrrole nitrogens is 1. The summed E-state index contributed by atoms with van der Waals surface area (Å²) in [6.45, 7) is 0. The van der Waals surface area contributed by atoms with E-state index in [1.165, 1.54) is 0 Å². The quantitative estimate of drug-likeness (QED) is 0.687. The first-order chi connectivity index (χ1) is 11.3. The lowest BCUT2D eigenvalue weighted by Crippen LogP contribution is -2.37. The van der Waals surface area contributed by atoms with Crippen LogP contribution < -0.4 is 5.32 Å². The van der Waals surface area contributed by atoms with Crippen molar-refractivity contribution in [3.63, 3.8) is 0 Å². The number of hydrogen-bond donors (Lipinski definition) is 2. The predicted octanol–water partition coefficient (Wildman–Crippen LogP) is 3.10. The van der Waals surface area contributed by atoms with Crippen LogP contribution in [0.3, 0.4) is 0 Å². The third-order valence-electron chi connectivity index (χ3n) is 3.82. The molecule has 2 N–H and O–H groups in total. The Hall–Kier alpha value is -2.88. The lowest BCUT2D eigenvalue weighted by Gasteiger charge is -2.16. The minimum absolute atomic E-state index is 0.191. The number of aromatic nitrogens is 1. The molecule has 1 amide bonds. The van der Waals surface area contributed by atoms with Gasteiger partial charge in [0.1, 0.15) is 12.0 Å². The van der Waals surface area contributed by atoms with Crippen molar-refractivity contribution in [2.45, 2.75) is 18.9 Å². The minimum atomic E-state index is -0.214.